The zero-order chi connectivity index (χ0) is 15.7. The van der Waals surface area contributed by atoms with Gasteiger partial charge in [0.2, 0.25) is 18.6 Å². The zero-order valence-electron chi connectivity index (χ0n) is 12.6. The number of hydrogen-bond acceptors (Lipinski definition) is 6. The minimum Gasteiger partial charge on any atom is -0.454 e. The molecule has 0 unspecified atom stereocenters. The number of ether oxygens (including phenoxy) is 2. The van der Waals surface area contributed by atoms with Crippen LogP contribution in [0.2, 0.25) is 0 Å². The molecule has 0 aliphatic carbocycles. The number of carbonyl (C=O) groups is 1. The van der Waals surface area contributed by atoms with Crippen LogP contribution in [0.25, 0.3) is 0 Å². The summed E-state index contributed by atoms with van der Waals surface area (Å²) in [6.07, 6.45) is 0. The Balaban J connectivity index is 1.70. The van der Waals surface area contributed by atoms with Crippen LogP contribution in [0.4, 0.5) is 0 Å². The average molecular weight is 303 g/mol. The third kappa shape index (κ3) is 2.74. The second-order valence-corrected chi connectivity index (χ2v) is 5.40. The maximum atomic E-state index is 12.3. The minimum atomic E-state index is -0.377. The number of nitrogens with zero attached hydrogens (tertiary/aromatic N) is 2. The van der Waals surface area contributed by atoms with E-state index in [2.05, 4.69) is 15.5 Å². The van der Waals surface area contributed by atoms with Crippen LogP contribution < -0.4 is 14.8 Å². The van der Waals surface area contributed by atoms with Gasteiger partial charge in [0, 0.05) is 11.5 Å². The lowest BCUT2D eigenvalue weighted by atomic mass is 10.1. The van der Waals surface area contributed by atoms with Crippen molar-refractivity contribution in [1.29, 1.82) is 0 Å². The predicted molar refractivity (Wildman–Crippen MR) is 76.8 cm³/mol. The summed E-state index contributed by atoms with van der Waals surface area (Å²) in [5.74, 6) is 2.06. The Bertz CT molecular complexity index is 696. The molecule has 0 saturated heterocycles. The number of rotatable bonds is 4. The maximum Gasteiger partial charge on any atom is 0.252 e. The van der Waals surface area contributed by atoms with Crippen LogP contribution in [0.15, 0.2) is 22.6 Å². The Morgan fingerprint density at radius 3 is 2.59 bits per heavy atom. The molecule has 1 aromatic carbocycles. The molecule has 0 bridgehead atoms. The van der Waals surface area contributed by atoms with E-state index in [0.29, 0.717) is 28.8 Å². The van der Waals surface area contributed by atoms with E-state index in [4.69, 9.17) is 13.9 Å². The fourth-order valence-corrected chi connectivity index (χ4v) is 2.03. The predicted octanol–water partition coefficient (Wildman–Crippen LogP) is 2.41. The molecule has 7 heteroatoms. The molecule has 3 rings (SSSR count). The zero-order valence-corrected chi connectivity index (χ0v) is 12.6. The monoisotopic (exact) mass is 303 g/mol. The highest BCUT2D eigenvalue weighted by Crippen LogP contribution is 2.32. The Hall–Kier alpha value is -2.57. The lowest BCUT2D eigenvalue weighted by Crippen LogP contribution is -2.26. The van der Waals surface area contributed by atoms with Gasteiger partial charge in [0.25, 0.3) is 5.91 Å². The van der Waals surface area contributed by atoms with Gasteiger partial charge < -0.3 is 19.2 Å². The Labute approximate surface area is 127 Å². The van der Waals surface area contributed by atoms with E-state index < -0.39 is 0 Å². The third-order valence-corrected chi connectivity index (χ3v) is 3.30. The van der Waals surface area contributed by atoms with Gasteiger partial charge in [-0.2, -0.15) is 0 Å². The van der Waals surface area contributed by atoms with Gasteiger partial charge >= 0.3 is 0 Å². The molecule has 1 N–H and O–H groups in total. The van der Waals surface area contributed by atoms with Crippen LogP contribution in [-0.2, 0) is 0 Å². The molecule has 7 nitrogen and oxygen atoms in total. The summed E-state index contributed by atoms with van der Waals surface area (Å²) in [7, 11) is 0. The lowest BCUT2D eigenvalue weighted by Gasteiger charge is -2.10. The van der Waals surface area contributed by atoms with Gasteiger partial charge in [0.1, 0.15) is 6.04 Å². The average Bonchev–Trinajstić information content (AvgIpc) is 3.15. The molecule has 2 heterocycles. The first-order valence-corrected chi connectivity index (χ1v) is 7.08. The van der Waals surface area contributed by atoms with Crippen molar-refractivity contribution < 1.29 is 18.7 Å². The van der Waals surface area contributed by atoms with Crippen molar-refractivity contribution in [1.82, 2.24) is 15.5 Å². The largest absolute Gasteiger partial charge is 0.454 e. The van der Waals surface area contributed by atoms with Crippen molar-refractivity contribution >= 4 is 5.91 Å². The van der Waals surface area contributed by atoms with Crippen LogP contribution in [-0.4, -0.2) is 22.9 Å². The number of nitrogens with one attached hydrogen (secondary N) is 1. The molecule has 1 aliphatic heterocycles. The van der Waals surface area contributed by atoms with Crippen molar-refractivity contribution in [3.63, 3.8) is 0 Å². The lowest BCUT2D eigenvalue weighted by molar-refractivity contribution is 0.0933. The summed E-state index contributed by atoms with van der Waals surface area (Å²) in [4.78, 5) is 12.3. The second-order valence-electron chi connectivity index (χ2n) is 5.40. The van der Waals surface area contributed by atoms with Crippen LogP contribution in [0.5, 0.6) is 11.5 Å². The first-order chi connectivity index (χ1) is 10.5. The Morgan fingerprint density at radius 1 is 1.14 bits per heavy atom. The van der Waals surface area contributed by atoms with Crippen molar-refractivity contribution in [2.24, 2.45) is 0 Å². The summed E-state index contributed by atoms with van der Waals surface area (Å²) in [6.45, 7) is 5.90. The molecule has 0 spiro atoms. The van der Waals surface area contributed by atoms with Gasteiger partial charge in [-0.3, -0.25) is 4.79 Å². The summed E-state index contributed by atoms with van der Waals surface area (Å²) in [5.41, 5.74) is 0.486. The van der Waals surface area contributed by atoms with E-state index in [1.54, 1.807) is 25.1 Å². The fourth-order valence-electron chi connectivity index (χ4n) is 2.03. The molecule has 1 amide bonds. The van der Waals surface area contributed by atoms with E-state index in [0.717, 1.165) is 0 Å². The molecule has 0 radical (unpaired) electrons. The fraction of sp³-hybridized carbons (Fsp3) is 0.400. The maximum absolute atomic E-state index is 12.3. The molecule has 0 fully saturated rings. The molecule has 22 heavy (non-hydrogen) atoms. The van der Waals surface area contributed by atoms with Gasteiger partial charge in [0.15, 0.2) is 11.5 Å². The van der Waals surface area contributed by atoms with Gasteiger partial charge in [-0.1, -0.05) is 13.8 Å². The van der Waals surface area contributed by atoms with Crippen LogP contribution >= 0.6 is 0 Å². The van der Waals surface area contributed by atoms with Crippen molar-refractivity contribution in [3.05, 3.63) is 35.5 Å². The molecule has 2 aromatic rings. The third-order valence-electron chi connectivity index (χ3n) is 3.30. The van der Waals surface area contributed by atoms with Crippen molar-refractivity contribution in [3.8, 4) is 11.5 Å². The van der Waals surface area contributed by atoms with E-state index >= 15 is 0 Å². The minimum absolute atomic E-state index is 0.151. The summed E-state index contributed by atoms with van der Waals surface area (Å²) in [5, 5.41) is 10.7. The molecule has 1 atom stereocenters. The van der Waals surface area contributed by atoms with Gasteiger partial charge in [-0.15, -0.1) is 10.2 Å². The first kappa shape index (κ1) is 14.4. The van der Waals surface area contributed by atoms with E-state index in [9.17, 15) is 4.79 Å². The normalized spacial score (nSPS) is 14.2. The van der Waals surface area contributed by atoms with Gasteiger partial charge in [-0.25, -0.2) is 0 Å². The summed E-state index contributed by atoms with van der Waals surface area (Å²) >= 11 is 0. The van der Waals surface area contributed by atoms with Crippen LogP contribution in [0.1, 0.15) is 54.9 Å². The molecule has 116 valence electrons. The summed E-state index contributed by atoms with van der Waals surface area (Å²) < 4.78 is 16.0. The van der Waals surface area contributed by atoms with Crippen LogP contribution in [0.3, 0.4) is 0 Å². The summed E-state index contributed by atoms with van der Waals surface area (Å²) in [6, 6.07) is 4.67. The Kier molecular flexibility index (Phi) is 3.70. The smallest absolute Gasteiger partial charge is 0.252 e. The number of amides is 1. The highest BCUT2D eigenvalue weighted by Gasteiger charge is 2.20. The van der Waals surface area contributed by atoms with E-state index in [1.807, 2.05) is 13.8 Å². The molecule has 0 saturated carbocycles. The van der Waals surface area contributed by atoms with Crippen molar-refractivity contribution in [2.45, 2.75) is 32.7 Å². The standard InChI is InChI=1S/C15H17N3O4/c1-8(2)14-17-18-15(22-14)9(3)16-13(19)10-4-5-11-12(6-10)21-7-20-11/h4-6,8-9H,7H2,1-3H3,(H,16,19)/t9-/m0/s1. The molecular weight excluding hydrogens is 286 g/mol. The van der Waals surface area contributed by atoms with Crippen molar-refractivity contribution in [2.75, 3.05) is 6.79 Å². The van der Waals surface area contributed by atoms with Gasteiger partial charge in [-0.05, 0) is 25.1 Å². The van der Waals surface area contributed by atoms with E-state index in [-0.39, 0.29) is 24.7 Å². The highest BCUT2D eigenvalue weighted by molar-refractivity contribution is 5.95. The highest BCUT2D eigenvalue weighted by atomic mass is 16.7. The number of carbonyl (C=O) groups excluding carboxylic acids is 1. The number of aromatic nitrogens is 2. The molecule has 1 aromatic heterocycles. The first-order valence-electron chi connectivity index (χ1n) is 7.08. The molecular formula is C15H17N3O4. The number of fused-ring (bicyclic) bond motifs is 1. The van der Waals surface area contributed by atoms with Gasteiger partial charge in [0.05, 0.1) is 0 Å². The number of benzene rings is 1. The SMILES string of the molecule is CC(C)c1nnc([C@H](C)NC(=O)c2ccc3c(c2)OCO3)o1. The Morgan fingerprint density at radius 2 is 1.86 bits per heavy atom. The quantitative estimate of drug-likeness (QED) is 0.933. The molecule has 1 aliphatic rings. The topological polar surface area (TPSA) is 86.5 Å². The van der Waals surface area contributed by atoms with E-state index in [1.165, 1.54) is 0 Å². The number of hydrogen-bond donors (Lipinski definition) is 1. The second kappa shape index (κ2) is 5.67. The van der Waals surface area contributed by atoms with Crippen LogP contribution in [0, 0.1) is 0 Å².